The van der Waals surface area contributed by atoms with Gasteiger partial charge in [0.2, 0.25) is 5.70 Å². The van der Waals surface area contributed by atoms with E-state index < -0.39 is 0 Å². The van der Waals surface area contributed by atoms with Crippen molar-refractivity contribution in [2.75, 3.05) is 6.54 Å². The summed E-state index contributed by atoms with van der Waals surface area (Å²) in [5.74, 6) is 0.961. The fourth-order valence-electron chi connectivity index (χ4n) is 2.91. The number of hydrogen-bond acceptors (Lipinski definition) is 3. The maximum absolute atomic E-state index is 11.1. The van der Waals surface area contributed by atoms with E-state index in [0.717, 1.165) is 37.8 Å². The van der Waals surface area contributed by atoms with Gasteiger partial charge in [-0.3, -0.25) is 10.1 Å². The number of allylic oxidation sites excluding steroid dienone is 3. The highest BCUT2D eigenvalue weighted by Gasteiger charge is 2.29. The quantitative estimate of drug-likeness (QED) is 0.592. The standard InChI is InChI=1S/C13H20N2O2/c1-10-3-2-4-12(9-13(10)15(16)17)11-5-7-14-8-6-11/h5,7,11-12,14H,2-4,6,8-9H2,1H3. The Hall–Kier alpha value is -1.32. The first-order valence-corrected chi connectivity index (χ1v) is 6.41. The zero-order chi connectivity index (χ0) is 12.3. The van der Waals surface area contributed by atoms with Gasteiger partial charge in [-0.15, -0.1) is 0 Å². The van der Waals surface area contributed by atoms with Gasteiger partial charge in [-0.1, -0.05) is 6.08 Å². The molecule has 0 aromatic heterocycles. The summed E-state index contributed by atoms with van der Waals surface area (Å²) in [5, 5.41) is 14.2. The molecule has 2 rings (SSSR count). The first kappa shape index (κ1) is 12.1. The minimum atomic E-state index is -0.168. The summed E-state index contributed by atoms with van der Waals surface area (Å²) in [6.07, 6.45) is 9.03. The Balaban J connectivity index is 2.12. The Labute approximate surface area is 102 Å². The third-order valence-corrected chi connectivity index (χ3v) is 3.98. The van der Waals surface area contributed by atoms with Gasteiger partial charge >= 0.3 is 0 Å². The highest BCUT2D eigenvalue weighted by Crippen LogP contribution is 2.35. The Morgan fingerprint density at radius 2 is 2.29 bits per heavy atom. The van der Waals surface area contributed by atoms with Crippen molar-refractivity contribution in [2.45, 2.75) is 39.0 Å². The van der Waals surface area contributed by atoms with Gasteiger partial charge in [-0.2, -0.15) is 0 Å². The average molecular weight is 236 g/mol. The van der Waals surface area contributed by atoms with Gasteiger partial charge in [-0.05, 0) is 56.2 Å². The van der Waals surface area contributed by atoms with Crippen LogP contribution in [0.3, 0.4) is 0 Å². The molecule has 2 aliphatic rings. The number of nitrogens with zero attached hydrogens (tertiary/aromatic N) is 1. The van der Waals surface area contributed by atoms with Crippen molar-refractivity contribution < 1.29 is 4.92 Å². The lowest BCUT2D eigenvalue weighted by molar-refractivity contribution is -0.430. The van der Waals surface area contributed by atoms with Gasteiger partial charge in [0.25, 0.3) is 0 Å². The molecule has 1 aliphatic carbocycles. The van der Waals surface area contributed by atoms with E-state index in [2.05, 4.69) is 11.4 Å². The van der Waals surface area contributed by atoms with Gasteiger partial charge < -0.3 is 5.32 Å². The van der Waals surface area contributed by atoms with Gasteiger partial charge in [-0.25, -0.2) is 0 Å². The zero-order valence-electron chi connectivity index (χ0n) is 10.3. The van der Waals surface area contributed by atoms with Crippen LogP contribution in [0.1, 0.15) is 39.0 Å². The molecule has 0 amide bonds. The van der Waals surface area contributed by atoms with E-state index in [1.807, 2.05) is 13.1 Å². The van der Waals surface area contributed by atoms with Crippen molar-refractivity contribution in [1.82, 2.24) is 5.32 Å². The molecule has 0 spiro atoms. The minimum Gasteiger partial charge on any atom is -0.391 e. The van der Waals surface area contributed by atoms with E-state index >= 15 is 0 Å². The lowest BCUT2D eigenvalue weighted by Gasteiger charge is -2.25. The third-order valence-electron chi connectivity index (χ3n) is 3.98. The summed E-state index contributed by atoms with van der Waals surface area (Å²) in [5.41, 5.74) is 1.45. The molecule has 0 radical (unpaired) electrons. The maximum Gasteiger partial charge on any atom is 0.245 e. The fraction of sp³-hybridized carbons (Fsp3) is 0.692. The van der Waals surface area contributed by atoms with Crippen molar-refractivity contribution in [3.8, 4) is 0 Å². The second kappa shape index (κ2) is 5.34. The average Bonchev–Trinajstić information content (AvgIpc) is 2.52. The van der Waals surface area contributed by atoms with Crippen LogP contribution in [-0.4, -0.2) is 11.5 Å². The highest BCUT2D eigenvalue weighted by molar-refractivity contribution is 5.09. The molecule has 1 heterocycles. The highest BCUT2D eigenvalue weighted by atomic mass is 16.6. The van der Waals surface area contributed by atoms with Gasteiger partial charge in [0.1, 0.15) is 0 Å². The van der Waals surface area contributed by atoms with Crippen LogP contribution >= 0.6 is 0 Å². The van der Waals surface area contributed by atoms with E-state index in [9.17, 15) is 10.1 Å². The number of rotatable bonds is 2. The topological polar surface area (TPSA) is 55.2 Å². The van der Waals surface area contributed by atoms with Gasteiger partial charge in [0.05, 0.1) is 4.92 Å². The van der Waals surface area contributed by atoms with Crippen molar-refractivity contribution >= 4 is 0 Å². The van der Waals surface area contributed by atoms with Gasteiger partial charge in [0.15, 0.2) is 0 Å². The zero-order valence-corrected chi connectivity index (χ0v) is 10.3. The molecule has 4 heteroatoms. The van der Waals surface area contributed by atoms with Crippen LogP contribution < -0.4 is 5.32 Å². The second-order valence-electron chi connectivity index (χ2n) is 5.11. The normalized spacial score (nSPS) is 29.7. The molecule has 0 bridgehead atoms. The summed E-state index contributed by atoms with van der Waals surface area (Å²) >= 11 is 0. The van der Waals surface area contributed by atoms with E-state index in [1.54, 1.807) is 0 Å². The molecular formula is C13H20N2O2. The smallest absolute Gasteiger partial charge is 0.245 e. The first-order valence-electron chi connectivity index (χ1n) is 6.41. The molecule has 0 fully saturated rings. The minimum absolute atomic E-state index is 0.168. The molecule has 17 heavy (non-hydrogen) atoms. The molecule has 0 aromatic rings. The van der Waals surface area contributed by atoms with Crippen LogP contribution in [-0.2, 0) is 0 Å². The molecule has 0 saturated heterocycles. The molecule has 0 saturated carbocycles. The summed E-state index contributed by atoms with van der Waals surface area (Å²) in [6.45, 7) is 2.91. The molecule has 0 aromatic carbocycles. The third kappa shape index (κ3) is 2.87. The number of nitrogens with one attached hydrogen (secondary N) is 1. The van der Waals surface area contributed by atoms with E-state index in [-0.39, 0.29) is 4.92 Å². The van der Waals surface area contributed by atoms with Crippen molar-refractivity contribution in [1.29, 1.82) is 0 Å². The monoisotopic (exact) mass is 236 g/mol. The van der Waals surface area contributed by atoms with Crippen LogP contribution in [0.2, 0.25) is 0 Å². The summed E-state index contributed by atoms with van der Waals surface area (Å²) in [7, 11) is 0. The second-order valence-corrected chi connectivity index (χ2v) is 5.11. The van der Waals surface area contributed by atoms with E-state index in [1.165, 1.54) is 0 Å². The van der Waals surface area contributed by atoms with Crippen LogP contribution in [0.4, 0.5) is 0 Å². The lowest BCUT2D eigenvalue weighted by atomic mass is 9.83. The van der Waals surface area contributed by atoms with Crippen molar-refractivity contribution in [2.24, 2.45) is 11.8 Å². The van der Waals surface area contributed by atoms with Crippen LogP contribution in [0.5, 0.6) is 0 Å². The van der Waals surface area contributed by atoms with Gasteiger partial charge in [0, 0.05) is 13.0 Å². The molecule has 2 unspecified atom stereocenters. The number of hydrogen-bond donors (Lipinski definition) is 1. The molecule has 1 N–H and O–H groups in total. The molecule has 4 nitrogen and oxygen atoms in total. The summed E-state index contributed by atoms with van der Waals surface area (Å²) < 4.78 is 0. The van der Waals surface area contributed by atoms with E-state index in [0.29, 0.717) is 24.0 Å². The van der Waals surface area contributed by atoms with Crippen LogP contribution in [0.15, 0.2) is 23.5 Å². The fourth-order valence-corrected chi connectivity index (χ4v) is 2.91. The first-order chi connectivity index (χ1) is 8.18. The maximum atomic E-state index is 11.1. The Bertz CT molecular complexity index is 360. The molecule has 1 aliphatic heterocycles. The Morgan fingerprint density at radius 1 is 1.47 bits per heavy atom. The SMILES string of the molecule is CC1=C([N+](=O)[O-])CC(C2C=CNCC2)CCC1. The summed E-state index contributed by atoms with van der Waals surface area (Å²) in [4.78, 5) is 10.9. The lowest BCUT2D eigenvalue weighted by Crippen LogP contribution is -2.24. The Morgan fingerprint density at radius 3 is 2.94 bits per heavy atom. The predicted octanol–water partition coefficient (Wildman–Crippen LogP) is 2.85. The Kier molecular flexibility index (Phi) is 3.82. The largest absolute Gasteiger partial charge is 0.391 e. The van der Waals surface area contributed by atoms with Crippen molar-refractivity contribution in [3.05, 3.63) is 33.7 Å². The van der Waals surface area contributed by atoms with Crippen LogP contribution in [0.25, 0.3) is 0 Å². The van der Waals surface area contributed by atoms with E-state index in [4.69, 9.17) is 0 Å². The molecular weight excluding hydrogens is 216 g/mol. The number of nitro groups is 1. The van der Waals surface area contributed by atoms with Crippen LogP contribution in [0, 0.1) is 22.0 Å². The molecule has 94 valence electrons. The summed E-state index contributed by atoms with van der Waals surface area (Å²) in [6, 6.07) is 0. The molecule has 2 atom stereocenters. The van der Waals surface area contributed by atoms with Crippen molar-refractivity contribution in [3.63, 3.8) is 0 Å². The predicted molar refractivity (Wildman–Crippen MR) is 66.9 cm³/mol.